The Morgan fingerprint density at radius 3 is 1.62 bits per heavy atom. The number of unbranched alkanes of at least 4 members (excludes halogenated alkanes) is 15. The minimum atomic E-state index is -1.07. The van der Waals surface area contributed by atoms with Crippen molar-refractivity contribution in [1.82, 2.24) is 10.6 Å². The number of carbonyl (C=O) groups excluding carboxylic acids is 2. The van der Waals surface area contributed by atoms with Crippen molar-refractivity contribution in [3.63, 3.8) is 0 Å². The molecule has 0 aromatic heterocycles. The van der Waals surface area contributed by atoms with Gasteiger partial charge >= 0.3 is 5.97 Å². The number of amides is 2. The van der Waals surface area contributed by atoms with E-state index in [0.29, 0.717) is 32.2 Å². The van der Waals surface area contributed by atoms with E-state index in [4.69, 9.17) is 5.73 Å². The van der Waals surface area contributed by atoms with Gasteiger partial charge < -0.3 is 21.5 Å². The van der Waals surface area contributed by atoms with Gasteiger partial charge in [-0.05, 0) is 39.2 Å². The molecule has 2 amide bonds. The van der Waals surface area contributed by atoms with E-state index in [1.807, 2.05) is 0 Å². The van der Waals surface area contributed by atoms with Gasteiger partial charge in [0.25, 0.3) is 0 Å². The summed E-state index contributed by atoms with van der Waals surface area (Å²) in [4.78, 5) is 35.6. The number of carboxylic acids is 1. The van der Waals surface area contributed by atoms with E-state index in [-0.39, 0.29) is 5.91 Å². The van der Waals surface area contributed by atoms with Gasteiger partial charge in [-0.15, -0.1) is 0 Å². The molecular weight excluding hydrogens is 430 g/mol. The number of carboxylic acid groups (broad SMARTS) is 1. The summed E-state index contributed by atoms with van der Waals surface area (Å²) in [5.41, 5.74) is 5.43. The van der Waals surface area contributed by atoms with Crippen molar-refractivity contribution in [2.45, 2.75) is 148 Å². The van der Waals surface area contributed by atoms with Gasteiger partial charge in [-0.25, -0.2) is 4.79 Å². The smallest absolute Gasteiger partial charge is 0.326 e. The lowest BCUT2D eigenvalue weighted by Gasteiger charge is -2.18. The van der Waals surface area contributed by atoms with Crippen LogP contribution in [-0.4, -0.2) is 41.5 Å². The van der Waals surface area contributed by atoms with Gasteiger partial charge in [0.05, 0.1) is 0 Å². The van der Waals surface area contributed by atoms with Crippen LogP contribution < -0.4 is 16.4 Å². The zero-order valence-electron chi connectivity index (χ0n) is 22.0. The van der Waals surface area contributed by atoms with E-state index in [1.165, 1.54) is 77.0 Å². The van der Waals surface area contributed by atoms with Crippen LogP contribution in [0.4, 0.5) is 0 Å². The van der Waals surface area contributed by atoms with Crippen molar-refractivity contribution in [3.8, 4) is 0 Å². The van der Waals surface area contributed by atoms with Crippen LogP contribution in [0.15, 0.2) is 0 Å². The van der Waals surface area contributed by atoms with Crippen molar-refractivity contribution in [2.24, 2.45) is 5.73 Å². The zero-order chi connectivity index (χ0) is 25.4. The lowest BCUT2D eigenvalue weighted by Crippen LogP contribution is -2.50. The Morgan fingerprint density at radius 2 is 1.18 bits per heavy atom. The minimum Gasteiger partial charge on any atom is -0.480 e. The molecule has 0 unspecified atom stereocenters. The average molecular weight is 484 g/mol. The summed E-state index contributed by atoms with van der Waals surface area (Å²) in [5, 5.41) is 14.4. The number of hydrogen-bond donors (Lipinski definition) is 4. The van der Waals surface area contributed by atoms with Crippen LogP contribution in [-0.2, 0) is 14.4 Å². The van der Waals surface area contributed by atoms with Crippen molar-refractivity contribution in [3.05, 3.63) is 0 Å². The molecule has 7 nitrogen and oxygen atoms in total. The van der Waals surface area contributed by atoms with Gasteiger partial charge in [-0.1, -0.05) is 96.8 Å². The van der Waals surface area contributed by atoms with Gasteiger partial charge in [-0.2, -0.15) is 0 Å². The van der Waals surface area contributed by atoms with Gasteiger partial charge in [0.15, 0.2) is 0 Å². The van der Waals surface area contributed by atoms with E-state index < -0.39 is 24.0 Å². The number of rotatable bonds is 24. The predicted molar refractivity (Wildman–Crippen MR) is 140 cm³/mol. The first kappa shape index (κ1) is 32.4. The average Bonchev–Trinajstić information content (AvgIpc) is 2.80. The monoisotopic (exact) mass is 483 g/mol. The molecule has 2 atom stereocenters. The summed E-state index contributed by atoms with van der Waals surface area (Å²) in [6, 6.07) is -1.70. The van der Waals surface area contributed by atoms with Crippen LogP contribution >= 0.6 is 0 Å². The largest absolute Gasteiger partial charge is 0.480 e. The summed E-state index contributed by atoms with van der Waals surface area (Å²) in [5.74, 6) is -1.70. The molecule has 34 heavy (non-hydrogen) atoms. The molecule has 5 N–H and O–H groups in total. The molecule has 0 aliphatic carbocycles. The Kier molecular flexibility index (Phi) is 22.0. The lowest BCUT2D eigenvalue weighted by molar-refractivity contribution is -0.142. The van der Waals surface area contributed by atoms with Crippen molar-refractivity contribution >= 4 is 17.8 Å². The summed E-state index contributed by atoms with van der Waals surface area (Å²) < 4.78 is 0. The Morgan fingerprint density at radius 1 is 0.706 bits per heavy atom. The van der Waals surface area contributed by atoms with Crippen LogP contribution in [0.2, 0.25) is 0 Å². The molecule has 200 valence electrons. The lowest BCUT2D eigenvalue weighted by atomic mass is 10.0. The Balaban J connectivity index is 3.68. The highest BCUT2D eigenvalue weighted by Gasteiger charge is 2.23. The molecule has 0 bridgehead atoms. The van der Waals surface area contributed by atoms with E-state index >= 15 is 0 Å². The van der Waals surface area contributed by atoms with Crippen LogP contribution in [0.25, 0.3) is 0 Å². The Bertz CT molecular complexity index is 528. The first-order valence-electron chi connectivity index (χ1n) is 13.9. The first-order valence-corrected chi connectivity index (χ1v) is 13.9. The highest BCUT2D eigenvalue weighted by molar-refractivity contribution is 5.90. The van der Waals surface area contributed by atoms with Gasteiger partial charge in [0.1, 0.15) is 12.1 Å². The summed E-state index contributed by atoms with van der Waals surface area (Å²) in [6.07, 6.45) is 21.2. The molecular formula is C27H53N3O4. The molecule has 0 aliphatic heterocycles. The molecule has 0 radical (unpaired) electrons. The maximum absolute atomic E-state index is 12.2. The topological polar surface area (TPSA) is 122 Å². The highest BCUT2D eigenvalue weighted by atomic mass is 16.4. The summed E-state index contributed by atoms with van der Waals surface area (Å²) in [6.45, 7) is 4.33. The molecule has 0 fully saturated rings. The molecule has 0 saturated heterocycles. The van der Waals surface area contributed by atoms with Crippen LogP contribution in [0, 0.1) is 0 Å². The molecule has 0 aromatic carbocycles. The quantitative estimate of drug-likeness (QED) is 0.136. The number of carbonyl (C=O) groups is 3. The fraction of sp³-hybridized carbons (Fsp3) is 0.889. The third kappa shape index (κ3) is 19.8. The van der Waals surface area contributed by atoms with Gasteiger partial charge in [0, 0.05) is 6.42 Å². The molecule has 0 aliphatic rings. The second-order valence-corrected chi connectivity index (χ2v) is 9.67. The van der Waals surface area contributed by atoms with Crippen molar-refractivity contribution in [1.29, 1.82) is 0 Å². The highest BCUT2D eigenvalue weighted by Crippen LogP contribution is 2.13. The third-order valence-corrected chi connectivity index (χ3v) is 6.34. The molecule has 0 saturated carbocycles. The maximum Gasteiger partial charge on any atom is 0.326 e. The second-order valence-electron chi connectivity index (χ2n) is 9.67. The Hall–Kier alpha value is -1.63. The number of nitrogens with one attached hydrogen (secondary N) is 2. The van der Waals surface area contributed by atoms with E-state index in [0.717, 1.165) is 19.3 Å². The van der Waals surface area contributed by atoms with Gasteiger partial charge in [0.2, 0.25) is 11.8 Å². The van der Waals surface area contributed by atoms with Crippen LogP contribution in [0.1, 0.15) is 136 Å². The first-order chi connectivity index (χ1) is 16.4. The summed E-state index contributed by atoms with van der Waals surface area (Å²) >= 11 is 0. The molecule has 0 spiro atoms. The second kappa shape index (κ2) is 23.1. The maximum atomic E-state index is 12.2. The number of hydrogen-bond acceptors (Lipinski definition) is 4. The minimum absolute atomic E-state index is 0.160. The third-order valence-electron chi connectivity index (χ3n) is 6.34. The standard InChI is InChI=1S/C27H53N3O4/c1-3-4-5-6-7-8-9-10-11-12-13-14-15-16-17-21-25(31)29-23(2)26(32)30-24(27(33)34)20-18-19-22-28/h23-24H,3-22,28H2,1-2H3,(H,29,31)(H,30,32)(H,33,34)/t23-,24-/m0/s1. The van der Waals surface area contributed by atoms with Crippen molar-refractivity contribution < 1.29 is 19.5 Å². The summed E-state index contributed by atoms with van der Waals surface area (Å²) in [7, 11) is 0. The van der Waals surface area contributed by atoms with E-state index in [1.54, 1.807) is 6.92 Å². The van der Waals surface area contributed by atoms with E-state index in [2.05, 4.69) is 17.6 Å². The zero-order valence-corrected chi connectivity index (χ0v) is 22.0. The molecule has 0 heterocycles. The Labute approximate surface area is 208 Å². The molecule has 7 heteroatoms. The van der Waals surface area contributed by atoms with Crippen LogP contribution in [0.3, 0.4) is 0 Å². The van der Waals surface area contributed by atoms with E-state index in [9.17, 15) is 19.5 Å². The fourth-order valence-electron chi connectivity index (χ4n) is 4.08. The molecule has 0 rings (SSSR count). The predicted octanol–water partition coefficient (Wildman–Crippen LogP) is 5.45. The fourth-order valence-corrected chi connectivity index (χ4v) is 4.08. The number of nitrogens with two attached hydrogens (primary N) is 1. The molecule has 0 aromatic rings. The SMILES string of the molecule is CCCCCCCCCCCCCCCCCC(=O)N[C@@H](C)C(=O)N[C@@H](CCCCN)C(=O)O. The van der Waals surface area contributed by atoms with Crippen molar-refractivity contribution in [2.75, 3.05) is 6.54 Å². The van der Waals surface area contributed by atoms with Crippen LogP contribution in [0.5, 0.6) is 0 Å². The van der Waals surface area contributed by atoms with Gasteiger partial charge in [-0.3, -0.25) is 9.59 Å². The number of aliphatic carboxylic acids is 1. The normalized spacial score (nSPS) is 12.8.